The summed E-state index contributed by atoms with van der Waals surface area (Å²) in [7, 11) is 0. The fraction of sp³-hybridized carbons (Fsp3) is 0.346. The number of carbonyl (C=O) groups is 1. The van der Waals surface area contributed by atoms with Crippen LogP contribution < -0.4 is 5.32 Å². The Bertz CT molecular complexity index is 1240. The number of benzene rings is 1. The van der Waals surface area contributed by atoms with Gasteiger partial charge in [0.05, 0.1) is 5.39 Å². The van der Waals surface area contributed by atoms with Gasteiger partial charge >= 0.3 is 0 Å². The van der Waals surface area contributed by atoms with E-state index in [0.29, 0.717) is 0 Å². The molecular weight excluding hydrogens is 412 g/mol. The van der Waals surface area contributed by atoms with Crippen molar-refractivity contribution in [1.29, 1.82) is 0 Å². The predicted octanol–water partition coefficient (Wildman–Crippen LogP) is 3.62. The fourth-order valence-electron chi connectivity index (χ4n) is 4.74. The highest BCUT2D eigenvalue weighted by Gasteiger charge is 2.22. The zero-order chi connectivity index (χ0) is 22.8. The average molecular weight is 443 g/mol. The smallest absolute Gasteiger partial charge is 0.242 e. The molecule has 0 spiro atoms. The molecule has 0 unspecified atom stereocenters. The van der Waals surface area contributed by atoms with E-state index in [-0.39, 0.29) is 18.5 Å². The molecule has 4 aromatic rings. The van der Waals surface area contributed by atoms with Gasteiger partial charge < -0.3 is 9.88 Å². The molecule has 0 radical (unpaired) electrons. The van der Waals surface area contributed by atoms with Crippen molar-refractivity contribution >= 4 is 16.9 Å². The molecule has 7 nitrogen and oxygen atoms in total. The summed E-state index contributed by atoms with van der Waals surface area (Å²) in [6.07, 6.45) is 5.86. The van der Waals surface area contributed by atoms with Gasteiger partial charge in [0.25, 0.3) is 0 Å². The highest BCUT2D eigenvalue weighted by molar-refractivity contribution is 5.88. The Hall–Kier alpha value is -3.45. The van der Waals surface area contributed by atoms with Crippen LogP contribution in [0.2, 0.25) is 0 Å². The van der Waals surface area contributed by atoms with Gasteiger partial charge in [-0.3, -0.25) is 9.69 Å². The lowest BCUT2D eigenvalue weighted by Gasteiger charge is -2.32. The first kappa shape index (κ1) is 21.4. The molecule has 170 valence electrons. The molecular formula is C26H30N6O. The van der Waals surface area contributed by atoms with Crippen LogP contribution in [0, 0.1) is 13.8 Å². The lowest BCUT2D eigenvalue weighted by molar-refractivity contribution is -0.122. The molecule has 1 saturated heterocycles. The van der Waals surface area contributed by atoms with E-state index >= 15 is 0 Å². The highest BCUT2D eigenvalue weighted by atomic mass is 16.2. The lowest BCUT2D eigenvalue weighted by atomic mass is 10.0. The number of rotatable bonds is 6. The molecule has 1 aromatic carbocycles. The summed E-state index contributed by atoms with van der Waals surface area (Å²) in [6.45, 7) is 7.15. The second-order valence-electron chi connectivity index (χ2n) is 8.95. The second kappa shape index (κ2) is 9.19. The Morgan fingerprint density at radius 3 is 2.52 bits per heavy atom. The molecule has 1 fully saturated rings. The average Bonchev–Trinajstić information content (AvgIpc) is 3.44. The van der Waals surface area contributed by atoms with Crippen molar-refractivity contribution in [2.24, 2.45) is 0 Å². The minimum absolute atomic E-state index is 0.0130. The van der Waals surface area contributed by atoms with E-state index in [4.69, 9.17) is 10.1 Å². The largest absolute Gasteiger partial charge is 0.352 e. The quantitative estimate of drug-likeness (QED) is 0.495. The summed E-state index contributed by atoms with van der Waals surface area (Å²) in [5.74, 6) is 0.794. The Morgan fingerprint density at radius 1 is 1.06 bits per heavy atom. The number of nitrogens with one attached hydrogen (secondary N) is 1. The maximum Gasteiger partial charge on any atom is 0.242 e. The van der Waals surface area contributed by atoms with E-state index in [2.05, 4.69) is 47.5 Å². The number of aryl methyl sites for hydroxylation is 2. The molecule has 0 saturated carbocycles. The maximum absolute atomic E-state index is 12.9. The number of aromatic nitrogens is 4. The monoisotopic (exact) mass is 442 g/mol. The zero-order valence-electron chi connectivity index (χ0n) is 19.2. The van der Waals surface area contributed by atoms with Gasteiger partial charge in [-0.2, -0.15) is 5.10 Å². The van der Waals surface area contributed by atoms with Crippen LogP contribution in [0.25, 0.3) is 16.9 Å². The van der Waals surface area contributed by atoms with E-state index in [1.165, 1.54) is 5.56 Å². The molecule has 5 rings (SSSR count). The molecule has 1 aliphatic rings. The van der Waals surface area contributed by atoms with Gasteiger partial charge in [0, 0.05) is 43.8 Å². The molecule has 7 heteroatoms. The van der Waals surface area contributed by atoms with Crippen LogP contribution in [0.3, 0.4) is 0 Å². The normalized spacial score (nSPS) is 15.2. The molecule has 3 aromatic heterocycles. The number of piperidine rings is 1. The molecule has 4 heterocycles. The summed E-state index contributed by atoms with van der Waals surface area (Å²) in [5.41, 5.74) is 4.12. The van der Waals surface area contributed by atoms with Crippen LogP contribution in [0.1, 0.15) is 29.7 Å². The first-order valence-electron chi connectivity index (χ1n) is 11.6. The van der Waals surface area contributed by atoms with Crippen LogP contribution in [0.15, 0.2) is 60.9 Å². The summed E-state index contributed by atoms with van der Waals surface area (Å²) in [5, 5.41) is 8.99. The molecule has 33 heavy (non-hydrogen) atoms. The summed E-state index contributed by atoms with van der Waals surface area (Å²) >= 11 is 0. The predicted molar refractivity (Wildman–Crippen MR) is 129 cm³/mol. The first-order valence-corrected chi connectivity index (χ1v) is 11.6. The number of hydrogen-bond donors (Lipinski definition) is 1. The second-order valence-corrected chi connectivity index (χ2v) is 8.95. The van der Waals surface area contributed by atoms with Gasteiger partial charge in [-0.1, -0.05) is 30.3 Å². The SMILES string of the molecule is Cc1cc(C)c2c(-n3cccc3)nn(CC(=O)NC3CCN(Cc4ccccc4)CC3)c2n1. The van der Waals surface area contributed by atoms with Crippen LogP contribution in [0.4, 0.5) is 0 Å². The summed E-state index contributed by atoms with van der Waals surface area (Å²) < 4.78 is 3.72. The van der Waals surface area contributed by atoms with Crippen molar-refractivity contribution in [2.45, 2.75) is 45.8 Å². The Labute approximate surface area is 194 Å². The van der Waals surface area contributed by atoms with Gasteiger partial charge in [0.2, 0.25) is 5.91 Å². The van der Waals surface area contributed by atoms with Gasteiger partial charge in [0.1, 0.15) is 6.54 Å². The summed E-state index contributed by atoms with van der Waals surface area (Å²) in [4.78, 5) is 20.1. The lowest BCUT2D eigenvalue weighted by Crippen LogP contribution is -2.45. The van der Waals surface area contributed by atoms with Crippen molar-refractivity contribution in [3.05, 3.63) is 77.7 Å². The van der Waals surface area contributed by atoms with Gasteiger partial charge in [-0.15, -0.1) is 0 Å². The number of fused-ring (bicyclic) bond motifs is 1. The van der Waals surface area contributed by atoms with Gasteiger partial charge in [-0.25, -0.2) is 9.67 Å². The van der Waals surface area contributed by atoms with Gasteiger partial charge in [0.15, 0.2) is 11.5 Å². The van der Waals surface area contributed by atoms with Crippen molar-refractivity contribution < 1.29 is 4.79 Å². The van der Waals surface area contributed by atoms with E-state index in [1.54, 1.807) is 4.68 Å². The molecule has 0 atom stereocenters. The number of amides is 1. The zero-order valence-corrected chi connectivity index (χ0v) is 19.2. The molecule has 0 bridgehead atoms. The number of nitrogens with zero attached hydrogens (tertiary/aromatic N) is 5. The van der Waals surface area contributed by atoms with E-state index < -0.39 is 0 Å². The standard InChI is InChI=1S/C26H30N6O/c1-19-16-20(2)27-25-24(19)26(31-12-6-7-13-31)29-32(25)18-23(33)28-22-10-14-30(15-11-22)17-21-8-4-3-5-9-21/h3-9,12-13,16,22H,10-11,14-15,17-18H2,1-2H3,(H,28,33). The van der Waals surface area contributed by atoms with Crippen LogP contribution in [-0.2, 0) is 17.9 Å². The van der Waals surface area contributed by atoms with Crippen molar-refractivity contribution in [3.63, 3.8) is 0 Å². The molecule has 1 amide bonds. The van der Waals surface area contributed by atoms with E-state index in [1.807, 2.05) is 42.1 Å². The van der Waals surface area contributed by atoms with Crippen LogP contribution in [0.5, 0.6) is 0 Å². The highest BCUT2D eigenvalue weighted by Crippen LogP contribution is 2.25. The number of pyridine rings is 1. The fourth-order valence-corrected chi connectivity index (χ4v) is 4.74. The van der Waals surface area contributed by atoms with E-state index in [9.17, 15) is 4.79 Å². The molecule has 1 aliphatic heterocycles. The third kappa shape index (κ3) is 4.68. The Balaban J connectivity index is 1.25. The van der Waals surface area contributed by atoms with Crippen molar-refractivity contribution in [2.75, 3.05) is 13.1 Å². The third-order valence-electron chi connectivity index (χ3n) is 6.35. The van der Waals surface area contributed by atoms with Crippen LogP contribution >= 0.6 is 0 Å². The maximum atomic E-state index is 12.9. The number of hydrogen-bond acceptors (Lipinski definition) is 4. The third-order valence-corrected chi connectivity index (χ3v) is 6.35. The first-order chi connectivity index (χ1) is 16.1. The van der Waals surface area contributed by atoms with Crippen molar-refractivity contribution in [1.82, 2.24) is 29.5 Å². The minimum Gasteiger partial charge on any atom is -0.352 e. The number of likely N-dealkylation sites (tertiary alicyclic amines) is 1. The number of carbonyl (C=O) groups excluding carboxylic acids is 1. The Morgan fingerprint density at radius 2 is 1.79 bits per heavy atom. The van der Waals surface area contributed by atoms with E-state index in [0.717, 1.165) is 60.6 Å². The van der Waals surface area contributed by atoms with Crippen molar-refractivity contribution in [3.8, 4) is 5.82 Å². The minimum atomic E-state index is -0.0130. The van der Waals surface area contributed by atoms with Gasteiger partial charge in [-0.05, 0) is 56.0 Å². The molecule has 0 aliphatic carbocycles. The van der Waals surface area contributed by atoms with Crippen LogP contribution in [-0.4, -0.2) is 49.3 Å². The Kier molecular flexibility index (Phi) is 5.96. The summed E-state index contributed by atoms with van der Waals surface area (Å²) in [6, 6.07) is 16.8. The molecule has 1 N–H and O–H groups in total. The topological polar surface area (TPSA) is 68.0 Å².